The van der Waals surface area contributed by atoms with Crippen molar-refractivity contribution in [1.82, 2.24) is 14.5 Å². The lowest BCUT2D eigenvalue weighted by molar-refractivity contribution is 0.416. The molecule has 2 heterocycles. The van der Waals surface area contributed by atoms with Crippen molar-refractivity contribution >= 4 is 21.8 Å². The van der Waals surface area contributed by atoms with Gasteiger partial charge in [-0.1, -0.05) is 19.9 Å². The highest BCUT2D eigenvalue weighted by atomic mass is 16.5. The molecule has 25 heavy (non-hydrogen) atoms. The molecular formula is C21H21N3O. The number of hydrogen-bond donors (Lipinski definition) is 0. The normalized spacial score (nSPS) is 11.6. The second-order valence-corrected chi connectivity index (χ2v) is 6.68. The van der Waals surface area contributed by atoms with Crippen molar-refractivity contribution in [3.05, 3.63) is 54.6 Å². The maximum absolute atomic E-state index is 5.67. The summed E-state index contributed by atoms with van der Waals surface area (Å²) in [5, 5.41) is 2.23. The first-order valence-corrected chi connectivity index (χ1v) is 8.46. The van der Waals surface area contributed by atoms with E-state index in [2.05, 4.69) is 72.0 Å². The van der Waals surface area contributed by atoms with Gasteiger partial charge in [0.2, 0.25) is 0 Å². The Labute approximate surface area is 147 Å². The average Bonchev–Trinajstić information content (AvgIpc) is 3.02. The molecule has 2 aromatic heterocycles. The molecule has 0 saturated carbocycles. The molecule has 0 aliphatic heterocycles. The van der Waals surface area contributed by atoms with Crippen LogP contribution in [-0.4, -0.2) is 21.6 Å². The van der Waals surface area contributed by atoms with E-state index in [1.54, 1.807) is 13.4 Å². The molecule has 0 amide bonds. The molecule has 0 N–H and O–H groups in total. The summed E-state index contributed by atoms with van der Waals surface area (Å²) in [4.78, 5) is 8.68. The number of ether oxygens (including phenoxy) is 1. The number of rotatable bonds is 3. The first-order valence-electron chi connectivity index (χ1n) is 8.46. The molecule has 0 atom stereocenters. The topological polar surface area (TPSA) is 39.9 Å². The quantitative estimate of drug-likeness (QED) is 0.535. The molecule has 126 valence electrons. The van der Waals surface area contributed by atoms with Crippen molar-refractivity contribution in [3.63, 3.8) is 0 Å². The largest absolute Gasteiger partial charge is 0.496 e. The first-order chi connectivity index (χ1) is 12.1. The van der Waals surface area contributed by atoms with Gasteiger partial charge in [-0.25, -0.2) is 9.97 Å². The van der Waals surface area contributed by atoms with Crippen molar-refractivity contribution in [2.45, 2.75) is 19.8 Å². The molecule has 4 rings (SSSR count). The van der Waals surface area contributed by atoms with Crippen LogP contribution in [0.1, 0.15) is 25.3 Å². The molecule has 0 aliphatic carbocycles. The fraction of sp³-hybridized carbons (Fsp3) is 0.238. The van der Waals surface area contributed by atoms with Gasteiger partial charge in [-0.3, -0.25) is 0 Å². The minimum Gasteiger partial charge on any atom is -0.496 e. The molecule has 0 spiro atoms. The fourth-order valence-corrected chi connectivity index (χ4v) is 3.45. The molecule has 4 nitrogen and oxygen atoms in total. The zero-order chi connectivity index (χ0) is 17.6. The Morgan fingerprint density at radius 1 is 1.04 bits per heavy atom. The van der Waals surface area contributed by atoms with Gasteiger partial charge in [-0.05, 0) is 35.7 Å². The summed E-state index contributed by atoms with van der Waals surface area (Å²) in [7, 11) is 3.79. The van der Waals surface area contributed by atoms with Crippen molar-refractivity contribution < 1.29 is 4.74 Å². The van der Waals surface area contributed by atoms with Gasteiger partial charge in [0.05, 0.1) is 18.1 Å². The predicted octanol–water partition coefficient (Wildman–Crippen LogP) is 4.92. The van der Waals surface area contributed by atoms with E-state index in [9.17, 15) is 0 Å². The Kier molecular flexibility index (Phi) is 3.68. The second kappa shape index (κ2) is 5.88. The van der Waals surface area contributed by atoms with Crippen LogP contribution in [0.15, 0.2) is 49.1 Å². The summed E-state index contributed by atoms with van der Waals surface area (Å²) < 4.78 is 7.82. The van der Waals surface area contributed by atoms with E-state index in [1.165, 1.54) is 11.1 Å². The molecular weight excluding hydrogens is 310 g/mol. The summed E-state index contributed by atoms with van der Waals surface area (Å²) >= 11 is 0. The highest BCUT2D eigenvalue weighted by molar-refractivity contribution is 6.12. The summed E-state index contributed by atoms with van der Waals surface area (Å²) in [6, 6.07) is 10.7. The van der Waals surface area contributed by atoms with Crippen LogP contribution in [0, 0.1) is 0 Å². The van der Waals surface area contributed by atoms with Crippen LogP contribution in [0.2, 0.25) is 0 Å². The minimum absolute atomic E-state index is 0.455. The Bertz CT molecular complexity index is 1080. The van der Waals surface area contributed by atoms with Crippen LogP contribution >= 0.6 is 0 Å². The van der Waals surface area contributed by atoms with E-state index in [-0.39, 0.29) is 0 Å². The third-order valence-corrected chi connectivity index (χ3v) is 4.82. The molecule has 0 unspecified atom stereocenters. The van der Waals surface area contributed by atoms with Crippen LogP contribution in [0.3, 0.4) is 0 Å². The van der Waals surface area contributed by atoms with Gasteiger partial charge in [-0.15, -0.1) is 0 Å². The lowest BCUT2D eigenvalue weighted by Crippen LogP contribution is -1.96. The highest BCUT2D eigenvalue weighted by Crippen LogP contribution is 2.39. The lowest BCUT2D eigenvalue weighted by atomic mass is 9.94. The summed E-state index contributed by atoms with van der Waals surface area (Å²) in [5.74, 6) is 1.33. The van der Waals surface area contributed by atoms with Crippen LogP contribution in [0.25, 0.3) is 32.9 Å². The van der Waals surface area contributed by atoms with Crippen molar-refractivity contribution in [2.24, 2.45) is 7.05 Å². The molecule has 4 heteroatoms. The number of fused-ring (bicyclic) bond motifs is 3. The summed E-state index contributed by atoms with van der Waals surface area (Å²) in [6.45, 7) is 4.41. The van der Waals surface area contributed by atoms with Gasteiger partial charge in [-0.2, -0.15) is 0 Å². The van der Waals surface area contributed by atoms with Gasteiger partial charge in [0.15, 0.2) is 0 Å². The van der Waals surface area contributed by atoms with E-state index in [1.807, 2.05) is 6.20 Å². The first kappa shape index (κ1) is 15.6. The van der Waals surface area contributed by atoms with Gasteiger partial charge >= 0.3 is 0 Å². The van der Waals surface area contributed by atoms with Crippen LogP contribution in [-0.2, 0) is 7.05 Å². The maximum atomic E-state index is 5.67. The second-order valence-electron chi connectivity index (χ2n) is 6.68. The number of aromatic nitrogens is 3. The van der Waals surface area contributed by atoms with Crippen LogP contribution in [0.5, 0.6) is 5.75 Å². The maximum Gasteiger partial charge on any atom is 0.126 e. The summed E-state index contributed by atoms with van der Waals surface area (Å²) in [5.41, 5.74) is 5.64. The molecule has 0 bridgehead atoms. The van der Waals surface area contributed by atoms with E-state index in [4.69, 9.17) is 4.74 Å². The molecule has 0 saturated heterocycles. The molecule has 0 fully saturated rings. The van der Waals surface area contributed by atoms with Gasteiger partial charge in [0.1, 0.15) is 12.1 Å². The number of hydrogen-bond acceptors (Lipinski definition) is 3. The van der Waals surface area contributed by atoms with E-state index in [0.717, 1.165) is 33.2 Å². The Morgan fingerprint density at radius 2 is 1.88 bits per heavy atom. The molecule has 0 aliphatic rings. The highest BCUT2D eigenvalue weighted by Gasteiger charge is 2.16. The summed E-state index contributed by atoms with van der Waals surface area (Å²) in [6.07, 6.45) is 5.57. The zero-order valence-electron chi connectivity index (χ0n) is 14.9. The number of methoxy groups -OCH3 is 1. The van der Waals surface area contributed by atoms with Crippen LogP contribution < -0.4 is 4.74 Å². The third kappa shape index (κ3) is 2.45. The zero-order valence-corrected chi connectivity index (χ0v) is 14.9. The van der Waals surface area contributed by atoms with Crippen molar-refractivity contribution in [1.29, 1.82) is 0 Å². The van der Waals surface area contributed by atoms with E-state index >= 15 is 0 Å². The predicted molar refractivity (Wildman–Crippen MR) is 102 cm³/mol. The number of aryl methyl sites for hydroxylation is 1. The monoisotopic (exact) mass is 331 g/mol. The molecule has 4 aromatic rings. The third-order valence-electron chi connectivity index (χ3n) is 4.82. The van der Waals surface area contributed by atoms with Crippen molar-refractivity contribution in [2.75, 3.05) is 7.11 Å². The number of nitrogens with zero attached hydrogens (tertiary/aromatic N) is 3. The van der Waals surface area contributed by atoms with E-state index < -0.39 is 0 Å². The minimum atomic E-state index is 0.455. The smallest absolute Gasteiger partial charge is 0.126 e. The fourth-order valence-electron chi connectivity index (χ4n) is 3.45. The number of benzene rings is 2. The van der Waals surface area contributed by atoms with Crippen molar-refractivity contribution in [3.8, 4) is 16.9 Å². The Morgan fingerprint density at radius 3 is 2.64 bits per heavy atom. The SMILES string of the molecule is COc1ccc(C(C)C)cc1-c1cc2ncncc2c2ccn(C)c12. The molecule has 0 radical (unpaired) electrons. The van der Waals surface area contributed by atoms with Gasteiger partial charge < -0.3 is 9.30 Å². The van der Waals surface area contributed by atoms with E-state index in [0.29, 0.717) is 5.92 Å². The van der Waals surface area contributed by atoms with Gasteiger partial charge in [0, 0.05) is 41.3 Å². The van der Waals surface area contributed by atoms with Crippen LogP contribution in [0.4, 0.5) is 0 Å². The standard InChI is InChI=1S/C21H21N3O/c1-13(2)14-5-6-20(25-4)16(9-14)17-10-19-18(11-22-12-23-19)15-7-8-24(3)21(15)17/h5-13H,1-4H3. The average molecular weight is 331 g/mol. The Hall–Kier alpha value is -2.88. The molecule has 2 aromatic carbocycles. The Balaban J connectivity index is 2.13. The van der Waals surface area contributed by atoms with Gasteiger partial charge in [0.25, 0.3) is 0 Å². The lowest BCUT2D eigenvalue weighted by Gasteiger charge is -2.15.